The fourth-order valence-corrected chi connectivity index (χ4v) is 0. The molecule has 0 aliphatic carbocycles. The van der Waals surface area contributed by atoms with Gasteiger partial charge in [0.15, 0.2) is 0 Å². The molecule has 0 aliphatic heterocycles. The lowest BCUT2D eigenvalue weighted by molar-refractivity contribution is 1.64. The molecule has 0 atom stereocenters. The molecule has 0 aliphatic rings. The molecule has 0 aromatic carbocycles. The molecule has 2 N–H and O–H groups in total. The van der Waals surface area contributed by atoms with Crippen molar-refractivity contribution in [1.29, 1.82) is 0 Å². The van der Waals surface area contributed by atoms with Crippen LogP contribution in [0.4, 0.5) is 0 Å². The summed E-state index contributed by atoms with van der Waals surface area (Å²) >= 11 is 0. The Hall–Kier alpha value is -0.720. The van der Waals surface area contributed by atoms with Crippen molar-refractivity contribution in [1.82, 2.24) is 0 Å². The van der Waals surface area contributed by atoms with E-state index < -0.39 is 0 Å². The number of nitrogens with two attached hydrogens (primary N) is 1. The molecule has 0 aromatic rings. The van der Waals surface area contributed by atoms with Gasteiger partial charge in [0.05, 0.1) is 0 Å². The van der Waals surface area contributed by atoms with Gasteiger partial charge in [0.1, 0.15) is 0 Å². The van der Waals surface area contributed by atoms with E-state index in [9.17, 15) is 0 Å². The number of hydrogen-bond donors (Lipinski definition) is 1. The van der Waals surface area contributed by atoms with Crippen molar-refractivity contribution in [3.8, 4) is 0 Å². The summed E-state index contributed by atoms with van der Waals surface area (Å²) in [5, 5.41) is 0. The Morgan fingerprint density at radius 2 is 1.14 bits per heavy atom. The van der Waals surface area contributed by atoms with Crippen molar-refractivity contribution >= 4 is 0 Å². The molecule has 0 amide bonds. The van der Waals surface area contributed by atoms with Crippen LogP contribution in [0, 0.1) is 0 Å². The third-order valence-electron chi connectivity index (χ3n) is 0. The van der Waals surface area contributed by atoms with Crippen LogP contribution in [0.3, 0.4) is 0 Å². The summed E-state index contributed by atoms with van der Waals surface area (Å²) in [5.74, 6) is 0. The average Bonchev–Trinajstić information content (AvgIpc) is 1.46. The second-order valence-electron chi connectivity index (χ2n) is 0.236. The van der Waals surface area contributed by atoms with Crippen LogP contribution in [-0.4, -0.2) is 0 Å². The van der Waals surface area contributed by atoms with Gasteiger partial charge in [-0.15, -0.1) is 13.2 Å². The lowest BCUT2D eigenvalue weighted by Crippen LogP contribution is -1.67. The monoisotopic (exact) mass is 103 g/mol. The summed E-state index contributed by atoms with van der Waals surface area (Å²) in [7, 11) is 0. The van der Waals surface area contributed by atoms with Crippen molar-refractivity contribution in [3.05, 3.63) is 25.9 Å². The van der Waals surface area contributed by atoms with Gasteiger partial charge >= 0.3 is 0 Å². The van der Waals surface area contributed by atoms with E-state index >= 15 is 0 Å². The summed E-state index contributed by atoms with van der Waals surface area (Å²) in [6.07, 6.45) is 1.25. The van der Waals surface area contributed by atoms with Gasteiger partial charge < -0.3 is 5.73 Å². The zero-order valence-electron chi connectivity index (χ0n) is 3.28. The quantitative estimate of drug-likeness (QED) is 0.467. The van der Waals surface area contributed by atoms with Gasteiger partial charge in [0.2, 0.25) is 0 Å². The smallest absolute Gasteiger partial charge is 0.0136 e. The number of rotatable bonds is 0. The number of hydrogen-bond acceptors (Lipinski definition) is 1. The van der Waals surface area contributed by atoms with Crippen LogP contribution in [0.1, 0.15) is 14.9 Å². The Bertz CT molecular complexity index is 18.1. The molecule has 0 bridgehead atoms. The van der Waals surface area contributed by atoms with Crippen molar-refractivity contribution in [2.45, 2.75) is 14.9 Å². The minimum atomic E-state index is 0. The molecule has 1 nitrogen and oxygen atoms in total. The Balaban J connectivity index is -0.0000000105. The molecule has 0 saturated carbocycles. The summed E-state index contributed by atoms with van der Waals surface area (Å²) in [5.41, 5.74) is 4.61. The summed E-state index contributed by atoms with van der Waals surface area (Å²) in [6.45, 7) is 9.14. The maximum absolute atomic E-state index is 4.61. The molecule has 7 heavy (non-hydrogen) atoms. The Morgan fingerprint density at radius 3 is 1.14 bits per heavy atom. The predicted molar refractivity (Wildman–Crippen MR) is 39.1 cm³/mol. The van der Waals surface area contributed by atoms with Crippen LogP contribution >= 0.6 is 0 Å². The predicted octanol–water partition coefficient (Wildman–Crippen LogP) is 2.16. The molecule has 1 heteroatoms. The summed E-state index contributed by atoms with van der Waals surface area (Å²) < 4.78 is 0. The van der Waals surface area contributed by atoms with Gasteiger partial charge in [0, 0.05) is 0 Å². The Kier molecular flexibility index (Phi) is 5940. The van der Waals surface area contributed by atoms with Crippen LogP contribution in [-0.2, 0) is 0 Å². The third kappa shape index (κ3) is 110. The molecule has 0 rings (SSSR count). The summed E-state index contributed by atoms with van der Waals surface area (Å²) in [6, 6.07) is 0. The van der Waals surface area contributed by atoms with Crippen molar-refractivity contribution in [3.63, 3.8) is 0 Å². The molecule has 0 spiro atoms. The highest BCUT2D eigenvalue weighted by atomic mass is 14.5. The average molecular weight is 103 g/mol. The van der Waals surface area contributed by atoms with Crippen molar-refractivity contribution in [2.75, 3.05) is 0 Å². The van der Waals surface area contributed by atoms with Gasteiger partial charge in [-0.2, -0.15) is 0 Å². The Morgan fingerprint density at radius 1 is 1.14 bits per heavy atom. The molecular weight excluding hydrogens is 86.1 g/mol. The van der Waals surface area contributed by atoms with Gasteiger partial charge in [-0.3, -0.25) is 0 Å². The van der Waals surface area contributed by atoms with Gasteiger partial charge in [-0.1, -0.05) is 21.4 Å². The largest absolute Gasteiger partial charge is 0.405 e. The van der Waals surface area contributed by atoms with Crippen molar-refractivity contribution < 1.29 is 0 Å². The normalized spacial score (nSPS) is 2.29. The first-order valence-electron chi connectivity index (χ1n) is 1.24. The minimum absolute atomic E-state index is 0. The topological polar surface area (TPSA) is 26.0 Å². The van der Waals surface area contributed by atoms with Gasteiger partial charge in [-0.05, 0) is 6.20 Å². The van der Waals surface area contributed by atoms with Crippen LogP contribution in [0.25, 0.3) is 0 Å². The van der Waals surface area contributed by atoms with Crippen LogP contribution < -0.4 is 5.73 Å². The van der Waals surface area contributed by atoms with Crippen molar-refractivity contribution in [2.24, 2.45) is 5.73 Å². The fraction of sp³-hybridized carbons (Fsp3) is 0.333. The molecule has 0 fully saturated rings. The lowest BCUT2D eigenvalue weighted by atomic mass is 11.1. The van der Waals surface area contributed by atoms with Crippen LogP contribution in [0.15, 0.2) is 25.9 Å². The molecule has 0 heterocycles. The summed E-state index contributed by atoms with van der Waals surface area (Å²) in [4.78, 5) is 0. The van der Waals surface area contributed by atoms with E-state index in [1.54, 1.807) is 0 Å². The fourth-order valence-electron chi connectivity index (χ4n) is 0. The highest BCUT2D eigenvalue weighted by Crippen LogP contribution is 1.13. The maximum Gasteiger partial charge on any atom is -0.0136 e. The first-order valence-corrected chi connectivity index (χ1v) is 1.24. The van der Waals surface area contributed by atoms with Crippen LogP contribution in [0.2, 0.25) is 0 Å². The molecule has 46 valence electrons. The highest BCUT2D eigenvalue weighted by Gasteiger charge is 1.09. The van der Waals surface area contributed by atoms with E-state index in [0.717, 1.165) is 0 Å². The second-order valence-corrected chi connectivity index (χ2v) is 0.236. The highest BCUT2D eigenvalue weighted by molar-refractivity contribution is 4.48. The molecule has 0 saturated heterocycles. The molecule has 0 radical (unpaired) electrons. The zero-order chi connectivity index (χ0) is 4.71. The Labute approximate surface area is 47.5 Å². The molecule has 0 unspecified atom stereocenters. The first kappa shape index (κ1) is 33.7. The SMILES string of the molecule is C.C.C=C.C=CN. The molecule has 0 aromatic heterocycles. The van der Waals surface area contributed by atoms with E-state index in [1.165, 1.54) is 6.20 Å². The molecular formula is C6H17N. The maximum atomic E-state index is 4.61. The lowest BCUT2D eigenvalue weighted by Gasteiger charge is -1.40. The first-order chi connectivity index (χ1) is 2.41. The second kappa shape index (κ2) is 1230. The van der Waals surface area contributed by atoms with E-state index in [0.29, 0.717) is 0 Å². The third-order valence-corrected chi connectivity index (χ3v) is 0. The van der Waals surface area contributed by atoms with Gasteiger partial charge in [0.25, 0.3) is 0 Å². The van der Waals surface area contributed by atoms with E-state index in [-0.39, 0.29) is 14.9 Å². The van der Waals surface area contributed by atoms with E-state index in [2.05, 4.69) is 25.5 Å². The van der Waals surface area contributed by atoms with E-state index in [4.69, 9.17) is 0 Å². The standard InChI is InChI=1S/C2H5N.C2H4.2CH4/c1-2-3;1-2;;/h2H,1,3H2;1-2H2;2*1H4. The van der Waals surface area contributed by atoms with Crippen LogP contribution in [0.5, 0.6) is 0 Å². The van der Waals surface area contributed by atoms with E-state index in [1.807, 2.05) is 0 Å². The van der Waals surface area contributed by atoms with Gasteiger partial charge in [-0.25, -0.2) is 0 Å². The zero-order valence-corrected chi connectivity index (χ0v) is 3.28. The minimum Gasteiger partial charge on any atom is -0.405 e.